The fourth-order valence-electron chi connectivity index (χ4n) is 2.23. The van der Waals surface area contributed by atoms with Gasteiger partial charge in [0.1, 0.15) is 5.82 Å². The Labute approximate surface area is 121 Å². The van der Waals surface area contributed by atoms with Crippen molar-refractivity contribution < 1.29 is 17.3 Å². The lowest BCUT2D eigenvalue weighted by molar-refractivity contribution is 0.216. The molecule has 1 aromatic heterocycles. The van der Waals surface area contributed by atoms with Gasteiger partial charge in [-0.25, -0.2) is 12.8 Å². The lowest BCUT2D eigenvalue weighted by Gasteiger charge is -2.35. The van der Waals surface area contributed by atoms with E-state index in [0.717, 1.165) is 0 Å². The first-order valence-corrected chi connectivity index (χ1v) is 8.07. The second-order valence-electron chi connectivity index (χ2n) is 5.08. The van der Waals surface area contributed by atoms with Crippen LogP contribution in [0.5, 0.6) is 0 Å². The van der Waals surface area contributed by atoms with Crippen molar-refractivity contribution in [2.75, 3.05) is 13.1 Å². The number of benzene rings is 1. The molecule has 2 heterocycles. The molecule has 0 saturated carbocycles. The molecule has 0 radical (unpaired) electrons. The highest BCUT2D eigenvalue weighted by atomic mass is 32.2. The normalized spacial score (nSPS) is 16.9. The first kappa shape index (κ1) is 14.2. The summed E-state index contributed by atoms with van der Waals surface area (Å²) in [5.74, 6) is 0.287. The molecule has 0 spiro atoms. The van der Waals surface area contributed by atoms with Crippen molar-refractivity contribution in [3.63, 3.8) is 0 Å². The van der Waals surface area contributed by atoms with Crippen LogP contribution in [0.4, 0.5) is 4.39 Å². The van der Waals surface area contributed by atoms with Crippen LogP contribution in [0, 0.1) is 12.7 Å². The van der Waals surface area contributed by atoms with Crippen molar-refractivity contribution in [2.24, 2.45) is 0 Å². The second-order valence-corrected chi connectivity index (χ2v) is 7.05. The molecule has 0 bridgehead atoms. The minimum absolute atomic E-state index is 0.0616. The summed E-state index contributed by atoms with van der Waals surface area (Å²) < 4.78 is 43.9. The molecule has 0 atom stereocenters. The van der Waals surface area contributed by atoms with Gasteiger partial charge in [-0.1, -0.05) is 17.3 Å². The van der Waals surface area contributed by atoms with Crippen LogP contribution in [0.15, 0.2) is 28.8 Å². The van der Waals surface area contributed by atoms with E-state index in [-0.39, 0.29) is 11.7 Å². The smallest absolute Gasteiger partial charge is 0.232 e. The largest absolute Gasteiger partial charge is 0.339 e. The Morgan fingerprint density at radius 2 is 2.19 bits per heavy atom. The van der Waals surface area contributed by atoms with Crippen LogP contribution in [-0.2, 0) is 15.8 Å². The van der Waals surface area contributed by atoms with Gasteiger partial charge in [0.25, 0.3) is 0 Å². The molecular weight excluding hydrogens is 297 g/mol. The lowest BCUT2D eigenvalue weighted by Crippen LogP contribution is -2.48. The summed E-state index contributed by atoms with van der Waals surface area (Å²) in [4.78, 5) is 4.10. The van der Waals surface area contributed by atoms with Gasteiger partial charge in [0.2, 0.25) is 15.9 Å². The number of hydrogen-bond acceptors (Lipinski definition) is 5. The van der Waals surface area contributed by atoms with Crippen molar-refractivity contribution in [1.82, 2.24) is 14.4 Å². The fraction of sp³-hybridized carbons (Fsp3) is 0.385. The SMILES string of the molecule is Cc1noc(C2CN(S(=O)(=O)Cc3cccc(F)c3)C2)n1. The highest BCUT2D eigenvalue weighted by Gasteiger charge is 2.39. The van der Waals surface area contributed by atoms with Gasteiger partial charge in [-0.05, 0) is 24.6 Å². The highest BCUT2D eigenvalue weighted by Crippen LogP contribution is 2.29. The van der Waals surface area contributed by atoms with Gasteiger partial charge in [0, 0.05) is 13.1 Å². The Morgan fingerprint density at radius 1 is 1.43 bits per heavy atom. The molecule has 0 unspecified atom stereocenters. The van der Waals surface area contributed by atoms with Crippen molar-refractivity contribution >= 4 is 10.0 Å². The fourth-order valence-corrected chi connectivity index (χ4v) is 3.83. The summed E-state index contributed by atoms with van der Waals surface area (Å²) >= 11 is 0. The topological polar surface area (TPSA) is 76.3 Å². The van der Waals surface area contributed by atoms with Gasteiger partial charge in [-0.2, -0.15) is 9.29 Å². The molecule has 0 N–H and O–H groups in total. The molecule has 1 aliphatic heterocycles. The minimum atomic E-state index is -3.45. The van der Waals surface area contributed by atoms with Crippen LogP contribution in [-0.4, -0.2) is 36.0 Å². The Hall–Kier alpha value is -1.80. The number of hydrogen-bond donors (Lipinski definition) is 0. The molecule has 1 aromatic carbocycles. The van der Waals surface area contributed by atoms with E-state index >= 15 is 0 Å². The maximum Gasteiger partial charge on any atom is 0.232 e. The quantitative estimate of drug-likeness (QED) is 0.854. The predicted molar refractivity (Wildman–Crippen MR) is 72.4 cm³/mol. The Balaban J connectivity index is 1.65. The molecule has 6 nitrogen and oxygen atoms in total. The summed E-state index contributed by atoms with van der Waals surface area (Å²) in [6.45, 7) is 2.35. The van der Waals surface area contributed by atoms with Crippen LogP contribution in [0.3, 0.4) is 0 Å². The zero-order chi connectivity index (χ0) is 15.0. The monoisotopic (exact) mass is 311 g/mol. The minimum Gasteiger partial charge on any atom is -0.339 e. The van der Waals surface area contributed by atoms with Gasteiger partial charge in [0.05, 0.1) is 11.7 Å². The standard InChI is InChI=1S/C13H14FN3O3S/c1-9-15-13(20-16-9)11-6-17(7-11)21(18,19)8-10-3-2-4-12(14)5-10/h2-5,11H,6-8H2,1H3. The van der Waals surface area contributed by atoms with E-state index in [4.69, 9.17) is 4.52 Å². The van der Waals surface area contributed by atoms with Crippen LogP contribution in [0.2, 0.25) is 0 Å². The summed E-state index contributed by atoms with van der Waals surface area (Å²) in [6, 6.07) is 5.61. The molecule has 1 saturated heterocycles. The van der Waals surface area contributed by atoms with E-state index in [1.165, 1.54) is 22.5 Å². The summed E-state index contributed by atoms with van der Waals surface area (Å²) in [5, 5.41) is 3.69. The van der Waals surface area contributed by atoms with Crippen molar-refractivity contribution in [3.05, 3.63) is 47.4 Å². The Kier molecular flexibility index (Phi) is 3.50. The molecule has 1 aliphatic rings. The number of aryl methyl sites for hydroxylation is 1. The first-order valence-electron chi connectivity index (χ1n) is 6.46. The molecule has 0 aliphatic carbocycles. The van der Waals surface area contributed by atoms with Crippen LogP contribution in [0.25, 0.3) is 0 Å². The van der Waals surface area contributed by atoms with Gasteiger partial charge in [-0.3, -0.25) is 0 Å². The third-order valence-corrected chi connectivity index (χ3v) is 5.16. The van der Waals surface area contributed by atoms with Crippen LogP contribution in [0.1, 0.15) is 23.2 Å². The lowest BCUT2D eigenvalue weighted by atomic mass is 10.0. The molecule has 1 fully saturated rings. The van der Waals surface area contributed by atoms with Gasteiger partial charge < -0.3 is 4.52 Å². The van der Waals surface area contributed by atoms with Crippen molar-refractivity contribution in [3.8, 4) is 0 Å². The van der Waals surface area contributed by atoms with Crippen molar-refractivity contribution in [1.29, 1.82) is 0 Å². The number of halogens is 1. The Bertz CT molecular complexity index is 754. The predicted octanol–water partition coefficient (Wildman–Crippen LogP) is 1.45. The first-order chi connectivity index (χ1) is 9.94. The summed E-state index contributed by atoms with van der Waals surface area (Å²) in [6.07, 6.45) is 0. The van der Waals surface area contributed by atoms with E-state index in [0.29, 0.717) is 30.4 Å². The molecular formula is C13H14FN3O3S. The van der Waals surface area contributed by atoms with E-state index in [2.05, 4.69) is 10.1 Å². The summed E-state index contributed by atoms with van der Waals surface area (Å²) in [5.41, 5.74) is 0.437. The number of nitrogens with zero attached hydrogens (tertiary/aromatic N) is 3. The maximum absolute atomic E-state index is 13.1. The average molecular weight is 311 g/mol. The Morgan fingerprint density at radius 3 is 2.81 bits per heavy atom. The summed E-state index contributed by atoms with van der Waals surface area (Å²) in [7, 11) is -3.45. The molecule has 0 amide bonds. The third-order valence-electron chi connectivity index (χ3n) is 3.37. The van der Waals surface area contributed by atoms with Gasteiger partial charge >= 0.3 is 0 Å². The number of aromatic nitrogens is 2. The maximum atomic E-state index is 13.1. The highest BCUT2D eigenvalue weighted by molar-refractivity contribution is 7.88. The zero-order valence-electron chi connectivity index (χ0n) is 11.4. The van der Waals surface area contributed by atoms with Crippen molar-refractivity contribution in [2.45, 2.75) is 18.6 Å². The second kappa shape index (κ2) is 5.19. The zero-order valence-corrected chi connectivity index (χ0v) is 12.2. The molecule has 2 aromatic rings. The molecule has 8 heteroatoms. The van der Waals surface area contributed by atoms with E-state index in [9.17, 15) is 12.8 Å². The molecule has 112 valence electrons. The van der Waals surface area contributed by atoms with Gasteiger partial charge in [0.15, 0.2) is 5.82 Å². The number of sulfonamides is 1. The van der Waals surface area contributed by atoms with Gasteiger partial charge in [-0.15, -0.1) is 0 Å². The number of rotatable bonds is 4. The molecule has 3 rings (SSSR count). The van der Waals surface area contributed by atoms with E-state index in [1.807, 2.05) is 0 Å². The molecule has 21 heavy (non-hydrogen) atoms. The van der Waals surface area contributed by atoms with Crippen LogP contribution >= 0.6 is 0 Å². The average Bonchev–Trinajstić information content (AvgIpc) is 2.72. The van der Waals surface area contributed by atoms with E-state index in [1.54, 1.807) is 13.0 Å². The third kappa shape index (κ3) is 2.96. The van der Waals surface area contributed by atoms with E-state index < -0.39 is 15.8 Å². The van der Waals surface area contributed by atoms with Crippen LogP contribution < -0.4 is 0 Å².